The van der Waals surface area contributed by atoms with Crippen molar-refractivity contribution in [3.8, 4) is 0 Å². The lowest BCUT2D eigenvalue weighted by atomic mass is 9.93. The number of amides is 1. The lowest BCUT2D eigenvalue weighted by Crippen LogP contribution is -2.61. The highest BCUT2D eigenvalue weighted by molar-refractivity contribution is 6.05. The lowest BCUT2D eigenvalue weighted by molar-refractivity contribution is -0.120. The third kappa shape index (κ3) is 4.37. The van der Waals surface area contributed by atoms with E-state index in [1.54, 1.807) is 0 Å². The van der Waals surface area contributed by atoms with E-state index in [1.165, 1.54) is 5.69 Å². The summed E-state index contributed by atoms with van der Waals surface area (Å²) in [5.41, 5.74) is 2.32. The first-order valence-electron chi connectivity index (χ1n) is 11.9. The van der Waals surface area contributed by atoms with Crippen molar-refractivity contribution in [2.24, 2.45) is 0 Å². The Hall–Kier alpha value is -2.84. The molecule has 1 aromatic carbocycles. The van der Waals surface area contributed by atoms with E-state index in [0.29, 0.717) is 13.2 Å². The minimum absolute atomic E-state index is 0.00359. The Balaban J connectivity index is 1.41. The largest absolute Gasteiger partial charge is 0.381 e. The number of hydrogen-bond acceptors (Lipinski definition) is 7. The first kappa shape index (κ1) is 22.0. The minimum atomic E-state index is -0.679. The third-order valence-corrected chi connectivity index (χ3v) is 7.05. The van der Waals surface area contributed by atoms with Gasteiger partial charge in [0.15, 0.2) is 5.82 Å². The van der Waals surface area contributed by atoms with E-state index in [0.717, 1.165) is 62.0 Å². The summed E-state index contributed by atoms with van der Waals surface area (Å²) in [6.45, 7) is 9.60. The van der Waals surface area contributed by atoms with Crippen molar-refractivity contribution in [1.82, 2.24) is 9.88 Å². The second-order valence-electron chi connectivity index (χ2n) is 9.76. The number of fused-ring (bicyclic) bond motifs is 1. The number of rotatable bonds is 4. The van der Waals surface area contributed by atoms with Crippen molar-refractivity contribution >= 4 is 34.6 Å². The topological polar surface area (TPSA) is 73.0 Å². The van der Waals surface area contributed by atoms with E-state index in [-0.39, 0.29) is 11.9 Å². The number of piperazine rings is 1. The van der Waals surface area contributed by atoms with Crippen molar-refractivity contribution in [3.05, 3.63) is 36.4 Å². The van der Waals surface area contributed by atoms with Gasteiger partial charge in [-0.2, -0.15) is 0 Å². The zero-order valence-electron chi connectivity index (χ0n) is 19.8. The van der Waals surface area contributed by atoms with E-state index >= 15 is 0 Å². The van der Waals surface area contributed by atoms with Gasteiger partial charge < -0.3 is 30.1 Å². The van der Waals surface area contributed by atoms with Gasteiger partial charge in [0.05, 0.1) is 5.69 Å². The highest BCUT2D eigenvalue weighted by atomic mass is 16.5. The zero-order chi connectivity index (χ0) is 23.0. The van der Waals surface area contributed by atoms with Crippen molar-refractivity contribution < 1.29 is 9.53 Å². The number of hydrogen-bond donors (Lipinski definition) is 2. The van der Waals surface area contributed by atoms with Gasteiger partial charge in [-0.15, -0.1) is 0 Å². The average Bonchev–Trinajstić information content (AvgIpc) is 2.81. The van der Waals surface area contributed by atoms with Crippen LogP contribution in [0.15, 0.2) is 36.4 Å². The molecule has 0 saturated carbocycles. The number of carbonyl (C=O) groups excluding carboxylic acids is 1. The Kier molecular flexibility index (Phi) is 5.88. The number of pyridine rings is 1. The highest BCUT2D eigenvalue weighted by Gasteiger charge is 2.44. The molecule has 0 bridgehead atoms. The zero-order valence-corrected chi connectivity index (χ0v) is 19.8. The van der Waals surface area contributed by atoms with Gasteiger partial charge >= 0.3 is 0 Å². The van der Waals surface area contributed by atoms with E-state index in [1.807, 2.05) is 26.0 Å². The number of benzene rings is 1. The summed E-state index contributed by atoms with van der Waals surface area (Å²) >= 11 is 0. The van der Waals surface area contributed by atoms with Gasteiger partial charge in [-0.3, -0.25) is 4.79 Å². The number of nitrogens with one attached hydrogen (secondary N) is 2. The standard InChI is InChI=1S/C25H34N6O2/c1-25(2)24(32)27-21-7-8-22(28-23(21)31(25)19-9-15-33-16-10-19)26-18-5-4-6-20(17-18)30-13-11-29(3)12-14-30/h4-8,17,19H,9-16H2,1-3H3,(H,26,28)(H,27,32). The van der Waals surface area contributed by atoms with Crippen molar-refractivity contribution in [3.63, 3.8) is 0 Å². The summed E-state index contributed by atoms with van der Waals surface area (Å²) < 4.78 is 5.58. The predicted octanol–water partition coefficient (Wildman–Crippen LogP) is 3.29. The normalized spacial score (nSPS) is 21.5. The number of aromatic nitrogens is 1. The molecule has 0 unspecified atom stereocenters. The quantitative estimate of drug-likeness (QED) is 0.741. The monoisotopic (exact) mass is 450 g/mol. The molecule has 4 heterocycles. The molecular formula is C25H34N6O2. The number of nitrogens with zero attached hydrogens (tertiary/aromatic N) is 4. The second kappa shape index (κ2) is 8.83. The van der Waals surface area contributed by atoms with Crippen LogP contribution in [0.2, 0.25) is 0 Å². The van der Waals surface area contributed by atoms with Gasteiger partial charge in [0.2, 0.25) is 5.91 Å². The lowest BCUT2D eigenvalue weighted by Gasteiger charge is -2.48. The van der Waals surface area contributed by atoms with Crippen LogP contribution >= 0.6 is 0 Å². The summed E-state index contributed by atoms with van der Waals surface area (Å²) in [6, 6.07) is 12.6. The summed E-state index contributed by atoms with van der Waals surface area (Å²) in [5.74, 6) is 1.60. The molecule has 0 spiro atoms. The highest BCUT2D eigenvalue weighted by Crippen LogP contribution is 2.40. The maximum absolute atomic E-state index is 12.9. The molecule has 1 aromatic heterocycles. The summed E-state index contributed by atoms with van der Waals surface area (Å²) in [6.07, 6.45) is 1.78. The Bertz CT molecular complexity index is 1010. The smallest absolute Gasteiger partial charge is 0.249 e. The van der Waals surface area contributed by atoms with Gasteiger partial charge in [-0.05, 0) is 64.1 Å². The summed E-state index contributed by atoms with van der Waals surface area (Å²) in [7, 11) is 2.17. The maximum atomic E-state index is 12.9. The Morgan fingerprint density at radius 1 is 1.09 bits per heavy atom. The van der Waals surface area contributed by atoms with Crippen LogP contribution in [0.1, 0.15) is 26.7 Å². The molecule has 0 radical (unpaired) electrons. The van der Waals surface area contributed by atoms with Gasteiger partial charge in [-0.1, -0.05) is 6.07 Å². The van der Waals surface area contributed by atoms with Crippen LogP contribution in [-0.4, -0.2) is 73.8 Å². The van der Waals surface area contributed by atoms with Gasteiger partial charge in [0, 0.05) is 56.8 Å². The maximum Gasteiger partial charge on any atom is 0.249 e. The first-order chi connectivity index (χ1) is 15.9. The molecule has 8 heteroatoms. The van der Waals surface area contributed by atoms with Gasteiger partial charge in [-0.25, -0.2) is 4.98 Å². The first-order valence-corrected chi connectivity index (χ1v) is 11.9. The molecule has 8 nitrogen and oxygen atoms in total. The van der Waals surface area contributed by atoms with Gasteiger partial charge in [0.25, 0.3) is 0 Å². The van der Waals surface area contributed by atoms with Crippen LogP contribution in [0.3, 0.4) is 0 Å². The van der Waals surface area contributed by atoms with Crippen LogP contribution in [0, 0.1) is 0 Å². The number of anilines is 5. The second-order valence-corrected chi connectivity index (χ2v) is 9.76. The van der Waals surface area contributed by atoms with Crippen molar-refractivity contribution in [1.29, 1.82) is 0 Å². The fraction of sp³-hybridized carbons (Fsp3) is 0.520. The third-order valence-electron chi connectivity index (χ3n) is 7.05. The van der Waals surface area contributed by atoms with Crippen LogP contribution < -0.4 is 20.4 Å². The summed E-state index contributed by atoms with van der Waals surface area (Å²) in [4.78, 5) is 24.9. The van der Waals surface area contributed by atoms with Gasteiger partial charge in [0.1, 0.15) is 11.4 Å². The molecule has 33 heavy (non-hydrogen) atoms. The van der Waals surface area contributed by atoms with Crippen LogP contribution in [-0.2, 0) is 9.53 Å². The van der Waals surface area contributed by atoms with E-state index in [9.17, 15) is 4.79 Å². The molecule has 1 amide bonds. The Morgan fingerprint density at radius 2 is 1.85 bits per heavy atom. The molecule has 176 valence electrons. The number of ether oxygens (including phenoxy) is 1. The number of carbonyl (C=O) groups is 1. The van der Waals surface area contributed by atoms with E-state index < -0.39 is 5.54 Å². The molecule has 2 N–H and O–H groups in total. The van der Waals surface area contributed by atoms with E-state index in [4.69, 9.17) is 9.72 Å². The van der Waals surface area contributed by atoms with Crippen LogP contribution in [0.4, 0.5) is 28.7 Å². The molecule has 2 aromatic rings. The van der Waals surface area contributed by atoms with Crippen molar-refractivity contribution in [2.45, 2.75) is 38.3 Å². The summed E-state index contributed by atoms with van der Waals surface area (Å²) in [5, 5.41) is 6.55. The fourth-order valence-electron chi connectivity index (χ4n) is 5.01. The molecule has 3 aliphatic rings. The van der Waals surface area contributed by atoms with Crippen LogP contribution in [0.25, 0.3) is 0 Å². The average molecular weight is 451 g/mol. The molecule has 2 fully saturated rings. The molecule has 5 rings (SSSR count). The molecule has 3 aliphatic heterocycles. The molecule has 0 atom stereocenters. The molecule has 0 aliphatic carbocycles. The Labute approximate surface area is 195 Å². The van der Waals surface area contributed by atoms with E-state index in [2.05, 4.69) is 56.6 Å². The predicted molar refractivity (Wildman–Crippen MR) is 133 cm³/mol. The SMILES string of the molecule is CN1CCN(c2cccc(Nc3ccc4c(n3)N(C3CCOCC3)C(C)(C)C(=O)N4)c2)CC1. The Morgan fingerprint density at radius 3 is 2.61 bits per heavy atom. The van der Waals surface area contributed by atoms with Crippen LogP contribution in [0.5, 0.6) is 0 Å². The number of likely N-dealkylation sites (N-methyl/N-ethyl adjacent to an activating group) is 1. The minimum Gasteiger partial charge on any atom is -0.381 e. The molecular weight excluding hydrogens is 416 g/mol. The van der Waals surface area contributed by atoms with Crippen molar-refractivity contribution in [2.75, 3.05) is 66.9 Å². The molecule has 2 saturated heterocycles. The fourth-order valence-corrected chi connectivity index (χ4v) is 5.01.